The number of fused-ring (bicyclic) bond motifs is 2. The summed E-state index contributed by atoms with van der Waals surface area (Å²) in [4.78, 5) is 16.7. The first-order chi connectivity index (χ1) is 11.8. The fourth-order valence-corrected chi connectivity index (χ4v) is 3.40. The molecule has 1 aliphatic rings. The van der Waals surface area contributed by atoms with Gasteiger partial charge in [0.25, 0.3) is 5.91 Å². The minimum absolute atomic E-state index is 0.0751. The number of amides is 1. The predicted octanol–water partition coefficient (Wildman–Crippen LogP) is 3.70. The number of rotatable bonds is 2. The lowest BCUT2D eigenvalue weighted by Crippen LogP contribution is -2.30. The van der Waals surface area contributed by atoms with Crippen LogP contribution in [-0.4, -0.2) is 10.9 Å². The molecular formula is C21H18N2O. The van der Waals surface area contributed by atoms with Crippen LogP contribution >= 0.6 is 0 Å². The first-order valence-electron chi connectivity index (χ1n) is 8.19. The van der Waals surface area contributed by atoms with Gasteiger partial charge in [-0.25, -0.2) is 0 Å². The average molecular weight is 314 g/mol. The van der Waals surface area contributed by atoms with E-state index in [1.807, 2.05) is 12.1 Å². The van der Waals surface area contributed by atoms with Crippen LogP contribution in [0.4, 0.5) is 0 Å². The molecule has 0 saturated carbocycles. The van der Waals surface area contributed by atoms with E-state index in [9.17, 15) is 4.79 Å². The van der Waals surface area contributed by atoms with Crippen molar-refractivity contribution >= 4 is 5.91 Å². The van der Waals surface area contributed by atoms with Crippen molar-refractivity contribution in [3.05, 3.63) is 101 Å². The number of nitrogens with zero attached hydrogens (tertiary/aromatic N) is 1. The van der Waals surface area contributed by atoms with Gasteiger partial charge in [-0.05, 0) is 47.2 Å². The van der Waals surface area contributed by atoms with Crippen molar-refractivity contribution in [3.8, 4) is 0 Å². The molecule has 2 aromatic carbocycles. The number of aryl methyl sites for hydroxylation is 2. The van der Waals surface area contributed by atoms with Crippen molar-refractivity contribution in [2.75, 3.05) is 0 Å². The highest BCUT2D eigenvalue weighted by molar-refractivity contribution is 5.94. The summed E-state index contributed by atoms with van der Waals surface area (Å²) in [5.74, 6) is -0.0751. The Balaban J connectivity index is 1.77. The largest absolute Gasteiger partial charge is 0.341 e. The van der Waals surface area contributed by atoms with Crippen LogP contribution in [0.25, 0.3) is 0 Å². The number of carbonyl (C=O) groups is 1. The summed E-state index contributed by atoms with van der Waals surface area (Å²) in [7, 11) is 0. The molecule has 3 heteroatoms. The number of nitrogens with one attached hydrogen (secondary N) is 1. The molecule has 0 saturated heterocycles. The number of hydrogen-bond acceptors (Lipinski definition) is 2. The lowest BCUT2D eigenvalue weighted by Gasteiger charge is -2.22. The topological polar surface area (TPSA) is 42.0 Å². The molecule has 1 aromatic heterocycles. The van der Waals surface area contributed by atoms with E-state index in [1.165, 1.54) is 22.3 Å². The van der Waals surface area contributed by atoms with Gasteiger partial charge >= 0.3 is 0 Å². The second-order valence-corrected chi connectivity index (χ2v) is 6.04. The predicted molar refractivity (Wildman–Crippen MR) is 93.8 cm³/mol. The highest BCUT2D eigenvalue weighted by Gasteiger charge is 2.24. The molecule has 24 heavy (non-hydrogen) atoms. The molecule has 118 valence electrons. The zero-order valence-corrected chi connectivity index (χ0v) is 13.3. The van der Waals surface area contributed by atoms with E-state index in [-0.39, 0.29) is 11.9 Å². The Labute approximate surface area is 141 Å². The smallest absolute Gasteiger partial charge is 0.252 e. The average Bonchev–Trinajstić information content (AvgIpc) is 2.80. The first kappa shape index (κ1) is 14.6. The number of hydrogen-bond donors (Lipinski definition) is 1. The zero-order valence-electron chi connectivity index (χ0n) is 13.3. The SMILES string of the molecule is O=C(NC1c2ccccc2CCc2ccccc21)c1ccncc1. The van der Waals surface area contributed by atoms with Gasteiger partial charge in [-0.3, -0.25) is 9.78 Å². The Kier molecular flexibility index (Phi) is 3.83. The summed E-state index contributed by atoms with van der Waals surface area (Å²) in [5, 5.41) is 3.22. The Bertz CT molecular complexity index is 826. The van der Waals surface area contributed by atoms with E-state index in [2.05, 4.69) is 46.7 Å². The van der Waals surface area contributed by atoms with Crippen LogP contribution in [0.2, 0.25) is 0 Å². The Morgan fingerprint density at radius 3 is 1.96 bits per heavy atom. The van der Waals surface area contributed by atoms with Gasteiger partial charge in [0, 0.05) is 18.0 Å². The molecule has 0 atom stereocenters. The van der Waals surface area contributed by atoms with Crippen LogP contribution in [0, 0.1) is 0 Å². The standard InChI is InChI=1S/C21H18N2O/c24-21(17-11-13-22-14-12-17)23-20-18-7-3-1-5-15(18)9-10-16-6-2-4-8-19(16)20/h1-8,11-14,20H,9-10H2,(H,23,24). The molecular weight excluding hydrogens is 296 g/mol. The maximum Gasteiger partial charge on any atom is 0.252 e. The number of aromatic nitrogens is 1. The summed E-state index contributed by atoms with van der Waals surface area (Å²) < 4.78 is 0. The van der Waals surface area contributed by atoms with E-state index < -0.39 is 0 Å². The van der Waals surface area contributed by atoms with E-state index in [0.29, 0.717) is 5.56 Å². The van der Waals surface area contributed by atoms with Gasteiger partial charge in [0.05, 0.1) is 6.04 Å². The van der Waals surface area contributed by atoms with Crippen LogP contribution in [0.5, 0.6) is 0 Å². The lowest BCUT2D eigenvalue weighted by molar-refractivity contribution is 0.0943. The van der Waals surface area contributed by atoms with Gasteiger partial charge in [-0.2, -0.15) is 0 Å². The van der Waals surface area contributed by atoms with E-state index in [4.69, 9.17) is 0 Å². The summed E-state index contributed by atoms with van der Waals surface area (Å²) in [6.45, 7) is 0. The van der Waals surface area contributed by atoms with Crippen molar-refractivity contribution in [2.45, 2.75) is 18.9 Å². The molecule has 0 unspecified atom stereocenters. The van der Waals surface area contributed by atoms with Crippen molar-refractivity contribution in [2.24, 2.45) is 0 Å². The molecule has 1 heterocycles. The fourth-order valence-electron chi connectivity index (χ4n) is 3.40. The van der Waals surface area contributed by atoms with E-state index >= 15 is 0 Å². The summed E-state index contributed by atoms with van der Waals surface area (Å²) in [6.07, 6.45) is 5.28. The van der Waals surface area contributed by atoms with Gasteiger partial charge in [0.2, 0.25) is 0 Å². The summed E-state index contributed by atoms with van der Waals surface area (Å²) in [6, 6.07) is 20.1. The molecule has 3 nitrogen and oxygen atoms in total. The molecule has 4 rings (SSSR count). The molecule has 0 aliphatic heterocycles. The Morgan fingerprint density at radius 1 is 0.833 bits per heavy atom. The molecule has 3 aromatic rings. The third kappa shape index (κ3) is 2.69. The maximum absolute atomic E-state index is 12.7. The lowest BCUT2D eigenvalue weighted by atomic mass is 9.94. The highest BCUT2D eigenvalue weighted by Crippen LogP contribution is 2.32. The van der Waals surface area contributed by atoms with Gasteiger partial charge in [-0.15, -0.1) is 0 Å². The number of pyridine rings is 1. The molecule has 0 spiro atoms. The molecule has 1 amide bonds. The van der Waals surface area contributed by atoms with Crippen molar-refractivity contribution < 1.29 is 4.79 Å². The minimum Gasteiger partial charge on any atom is -0.341 e. The molecule has 0 bridgehead atoms. The second kappa shape index (κ2) is 6.28. The summed E-state index contributed by atoms with van der Waals surface area (Å²) in [5.41, 5.74) is 5.60. The third-order valence-electron chi connectivity index (χ3n) is 4.61. The van der Waals surface area contributed by atoms with Crippen molar-refractivity contribution in [3.63, 3.8) is 0 Å². The second-order valence-electron chi connectivity index (χ2n) is 6.04. The van der Waals surface area contributed by atoms with Gasteiger partial charge in [0.1, 0.15) is 0 Å². The molecule has 0 fully saturated rings. The van der Waals surface area contributed by atoms with Crippen molar-refractivity contribution in [1.29, 1.82) is 0 Å². The van der Waals surface area contributed by atoms with E-state index in [1.54, 1.807) is 24.5 Å². The van der Waals surface area contributed by atoms with Crippen LogP contribution in [0.1, 0.15) is 38.7 Å². The third-order valence-corrected chi connectivity index (χ3v) is 4.61. The summed E-state index contributed by atoms with van der Waals surface area (Å²) >= 11 is 0. The first-order valence-corrected chi connectivity index (χ1v) is 8.19. The number of benzene rings is 2. The van der Waals surface area contributed by atoms with Gasteiger partial charge < -0.3 is 5.32 Å². The number of carbonyl (C=O) groups excluding carboxylic acids is 1. The Morgan fingerprint density at radius 2 is 1.38 bits per heavy atom. The molecule has 1 aliphatic carbocycles. The van der Waals surface area contributed by atoms with E-state index in [0.717, 1.165) is 12.8 Å². The normalized spacial score (nSPS) is 13.5. The van der Waals surface area contributed by atoms with Crippen LogP contribution in [-0.2, 0) is 12.8 Å². The van der Waals surface area contributed by atoms with Gasteiger partial charge in [0.15, 0.2) is 0 Å². The minimum atomic E-state index is -0.124. The van der Waals surface area contributed by atoms with Gasteiger partial charge in [-0.1, -0.05) is 48.5 Å². The highest BCUT2D eigenvalue weighted by atomic mass is 16.1. The van der Waals surface area contributed by atoms with Crippen molar-refractivity contribution in [1.82, 2.24) is 10.3 Å². The Hall–Kier alpha value is -2.94. The molecule has 0 radical (unpaired) electrons. The monoisotopic (exact) mass is 314 g/mol. The fraction of sp³-hybridized carbons (Fsp3) is 0.143. The quantitative estimate of drug-likeness (QED) is 0.783. The molecule has 1 N–H and O–H groups in total. The van der Waals surface area contributed by atoms with Crippen LogP contribution < -0.4 is 5.32 Å². The zero-order chi connectivity index (χ0) is 16.4. The maximum atomic E-state index is 12.7. The van der Waals surface area contributed by atoms with Crippen LogP contribution in [0.15, 0.2) is 73.1 Å². The van der Waals surface area contributed by atoms with Crippen LogP contribution in [0.3, 0.4) is 0 Å².